The Morgan fingerprint density at radius 2 is 1.79 bits per heavy atom. The summed E-state index contributed by atoms with van der Waals surface area (Å²) in [6, 6.07) is 17.7. The predicted octanol–water partition coefficient (Wildman–Crippen LogP) is 3.67. The standard InChI is InChI=1S/C24H26N2O3/c27-21(16-17-10-14-29-15-11-17)26-13-12-24(22(26)18-6-2-1-3-7-18)19-8-4-5-9-20(19)25-23(24)28/h1-9,17,22H,10-16H2,(H,25,28). The van der Waals surface area contributed by atoms with Crippen molar-refractivity contribution in [1.29, 1.82) is 0 Å². The molecule has 3 aliphatic rings. The number of amides is 2. The lowest BCUT2D eigenvalue weighted by Crippen LogP contribution is -2.43. The summed E-state index contributed by atoms with van der Waals surface area (Å²) in [6.45, 7) is 2.07. The molecule has 1 N–H and O–H groups in total. The highest BCUT2D eigenvalue weighted by atomic mass is 16.5. The lowest BCUT2D eigenvalue weighted by molar-refractivity contribution is -0.135. The number of rotatable bonds is 3. The maximum absolute atomic E-state index is 13.4. The molecule has 0 aliphatic carbocycles. The van der Waals surface area contributed by atoms with E-state index in [4.69, 9.17) is 4.74 Å². The third kappa shape index (κ3) is 2.96. The summed E-state index contributed by atoms with van der Waals surface area (Å²) < 4.78 is 5.45. The molecule has 0 saturated carbocycles. The van der Waals surface area contributed by atoms with Gasteiger partial charge in [-0.25, -0.2) is 0 Å². The fourth-order valence-corrected chi connectivity index (χ4v) is 5.37. The van der Waals surface area contributed by atoms with Crippen LogP contribution in [0.2, 0.25) is 0 Å². The maximum atomic E-state index is 13.4. The zero-order chi connectivity index (χ0) is 19.8. The van der Waals surface area contributed by atoms with Gasteiger partial charge in [0.25, 0.3) is 0 Å². The molecule has 150 valence electrons. The molecule has 2 aromatic rings. The van der Waals surface area contributed by atoms with E-state index in [0.29, 0.717) is 25.3 Å². The minimum absolute atomic E-state index is 0.00826. The van der Waals surface area contributed by atoms with Crippen molar-refractivity contribution in [2.24, 2.45) is 5.92 Å². The van der Waals surface area contributed by atoms with Gasteiger partial charge in [-0.2, -0.15) is 0 Å². The fourth-order valence-electron chi connectivity index (χ4n) is 5.37. The Morgan fingerprint density at radius 3 is 2.59 bits per heavy atom. The van der Waals surface area contributed by atoms with Crippen molar-refractivity contribution in [1.82, 2.24) is 4.90 Å². The van der Waals surface area contributed by atoms with Crippen molar-refractivity contribution in [3.63, 3.8) is 0 Å². The fraction of sp³-hybridized carbons (Fsp3) is 0.417. The summed E-state index contributed by atoms with van der Waals surface area (Å²) in [4.78, 5) is 28.7. The Bertz CT molecular complexity index is 923. The molecular weight excluding hydrogens is 364 g/mol. The Hall–Kier alpha value is -2.66. The molecule has 5 heteroatoms. The SMILES string of the molecule is O=C(CC1CCOCC1)N1CCC2(C(=O)Nc3ccccc32)C1c1ccccc1. The van der Waals surface area contributed by atoms with Crippen LogP contribution in [0.25, 0.3) is 0 Å². The van der Waals surface area contributed by atoms with E-state index in [1.165, 1.54) is 0 Å². The first kappa shape index (κ1) is 18.4. The number of benzene rings is 2. The molecule has 2 unspecified atom stereocenters. The molecule has 2 atom stereocenters. The van der Waals surface area contributed by atoms with E-state index in [0.717, 1.165) is 42.9 Å². The second kappa shape index (κ2) is 7.30. The molecule has 0 radical (unpaired) electrons. The molecule has 0 aromatic heterocycles. The quantitative estimate of drug-likeness (QED) is 0.870. The minimum Gasteiger partial charge on any atom is -0.381 e. The third-order valence-electron chi connectivity index (χ3n) is 6.83. The van der Waals surface area contributed by atoms with Gasteiger partial charge >= 0.3 is 0 Å². The largest absolute Gasteiger partial charge is 0.381 e. The van der Waals surface area contributed by atoms with Gasteiger partial charge in [-0.1, -0.05) is 48.5 Å². The second-order valence-electron chi connectivity index (χ2n) is 8.38. The van der Waals surface area contributed by atoms with Crippen LogP contribution in [-0.2, 0) is 19.7 Å². The number of carbonyl (C=O) groups is 2. The van der Waals surface area contributed by atoms with E-state index in [2.05, 4.69) is 5.32 Å². The van der Waals surface area contributed by atoms with E-state index < -0.39 is 5.41 Å². The van der Waals surface area contributed by atoms with Gasteiger partial charge in [0.2, 0.25) is 11.8 Å². The van der Waals surface area contributed by atoms with Crippen molar-refractivity contribution < 1.29 is 14.3 Å². The van der Waals surface area contributed by atoms with E-state index >= 15 is 0 Å². The molecule has 2 fully saturated rings. The molecule has 29 heavy (non-hydrogen) atoms. The number of carbonyl (C=O) groups excluding carboxylic acids is 2. The van der Waals surface area contributed by atoms with Crippen LogP contribution in [-0.4, -0.2) is 36.5 Å². The number of likely N-dealkylation sites (tertiary alicyclic amines) is 1. The zero-order valence-corrected chi connectivity index (χ0v) is 16.5. The summed E-state index contributed by atoms with van der Waals surface area (Å²) in [5.74, 6) is 0.530. The summed E-state index contributed by atoms with van der Waals surface area (Å²) in [6.07, 6.45) is 3.05. The minimum atomic E-state index is -0.719. The first-order valence-corrected chi connectivity index (χ1v) is 10.5. The van der Waals surface area contributed by atoms with Gasteiger partial charge < -0.3 is 15.0 Å². The molecule has 3 aliphatic heterocycles. The zero-order valence-electron chi connectivity index (χ0n) is 16.5. The van der Waals surface area contributed by atoms with Crippen molar-refractivity contribution >= 4 is 17.5 Å². The third-order valence-corrected chi connectivity index (χ3v) is 6.83. The number of ether oxygens (including phenoxy) is 1. The van der Waals surface area contributed by atoms with Crippen molar-refractivity contribution in [2.45, 2.75) is 37.1 Å². The Labute approximate surface area is 171 Å². The summed E-state index contributed by atoms with van der Waals surface area (Å²) in [5.41, 5.74) is 2.19. The highest BCUT2D eigenvalue weighted by Gasteiger charge is 2.59. The van der Waals surface area contributed by atoms with E-state index in [9.17, 15) is 9.59 Å². The van der Waals surface area contributed by atoms with Gasteiger partial charge in [0.1, 0.15) is 5.41 Å². The van der Waals surface area contributed by atoms with E-state index in [1.807, 2.05) is 59.5 Å². The number of hydrogen-bond acceptors (Lipinski definition) is 3. The number of hydrogen-bond donors (Lipinski definition) is 1. The smallest absolute Gasteiger partial charge is 0.237 e. The Balaban J connectivity index is 1.54. The van der Waals surface area contributed by atoms with Crippen LogP contribution in [0, 0.1) is 5.92 Å². The normalized spacial score (nSPS) is 26.6. The molecule has 1 spiro atoms. The average Bonchev–Trinajstić information content (AvgIpc) is 3.29. The maximum Gasteiger partial charge on any atom is 0.237 e. The summed E-state index contributed by atoms with van der Waals surface area (Å²) in [5, 5.41) is 3.08. The van der Waals surface area contributed by atoms with Gasteiger partial charge in [-0.15, -0.1) is 0 Å². The van der Waals surface area contributed by atoms with Crippen LogP contribution in [0.3, 0.4) is 0 Å². The van der Waals surface area contributed by atoms with Gasteiger partial charge in [0.05, 0.1) is 6.04 Å². The topological polar surface area (TPSA) is 58.6 Å². The second-order valence-corrected chi connectivity index (χ2v) is 8.38. The van der Waals surface area contributed by atoms with Crippen LogP contribution in [0.4, 0.5) is 5.69 Å². The van der Waals surface area contributed by atoms with Crippen LogP contribution in [0.15, 0.2) is 54.6 Å². The van der Waals surface area contributed by atoms with Crippen LogP contribution in [0.1, 0.15) is 42.9 Å². The Morgan fingerprint density at radius 1 is 1.07 bits per heavy atom. The predicted molar refractivity (Wildman–Crippen MR) is 110 cm³/mol. The number of anilines is 1. The highest BCUT2D eigenvalue weighted by molar-refractivity contribution is 6.07. The number of fused-ring (bicyclic) bond motifs is 2. The highest BCUT2D eigenvalue weighted by Crippen LogP contribution is 2.54. The number of para-hydroxylation sites is 1. The van der Waals surface area contributed by atoms with Crippen LogP contribution >= 0.6 is 0 Å². The van der Waals surface area contributed by atoms with Crippen molar-refractivity contribution in [3.05, 3.63) is 65.7 Å². The molecule has 0 bridgehead atoms. The molecule has 2 aromatic carbocycles. The van der Waals surface area contributed by atoms with Crippen LogP contribution < -0.4 is 5.32 Å². The average molecular weight is 390 g/mol. The molecule has 2 amide bonds. The molecular formula is C24H26N2O3. The first-order chi connectivity index (χ1) is 14.2. The lowest BCUT2D eigenvalue weighted by Gasteiger charge is -2.35. The van der Waals surface area contributed by atoms with Gasteiger partial charge in [-0.05, 0) is 42.4 Å². The van der Waals surface area contributed by atoms with Crippen molar-refractivity contribution in [3.8, 4) is 0 Å². The molecule has 2 saturated heterocycles. The first-order valence-electron chi connectivity index (χ1n) is 10.5. The summed E-state index contributed by atoms with van der Waals surface area (Å²) >= 11 is 0. The molecule has 5 nitrogen and oxygen atoms in total. The van der Waals surface area contributed by atoms with Gasteiger partial charge in [-0.3, -0.25) is 9.59 Å². The van der Waals surface area contributed by atoms with Crippen LogP contribution in [0.5, 0.6) is 0 Å². The van der Waals surface area contributed by atoms with E-state index in [-0.39, 0.29) is 17.9 Å². The Kier molecular flexibility index (Phi) is 4.63. The number of nitrogens with zero attached hydrogens (tertiary/aromatic N) is 1. The molecule has 5 rings (SSSR count). The summed E-state index contributed by atoms with van der Waals surface area (Å²) in [7, 11) is 0. The number of nitrogens with one attached hydrogen (secondary N) is 1. The van der Waals surface area contributed by atoms with Gasteiger partial charge in [0.15, 0.2) is 0 Å². The lowest BCUT2D eigenvalue weighted by atomic mass is 9.72. The van der Waals surface area contributed by atoms with E-state index in [1.54, 1.807) is 0 Å². The van der Waals surface area contributed by atoms with Crippen molar-refractivity contribution in [2.75, 3.05) is 25.1 Å². The monoisotopic (exact) mass is 390 g/mol. The molecule has 3 heterocycles. The van der Waals surface area contributed by atoms with Gasteiger partial charge in [0, 0.05) is 31.9 Å².